The second kappa shape index (κ2) is 5.44. The number of hydrogen-bond acceptors (Lipinski definition) is 1. The lowest BCUT2D eigenvalue weighted by molar-refractivity contribution is 0.244. The van der Waals surface area contributed by atoms with Gasteiger partial charge < -0.3 is 10.6 Å². The zero-order valence-corrected chi connectivity index (χ0v) is 9.17. The van der Waals surface area contributed by atoms with Crippen LogP contribution in [0.4, 0.5) is 4.79 Å². The normalized spacial score (nSPS) is 9.21. The molecule has 0 aliphatic heterocycles. The van der Waals surface area contributed by atoms with Crippen molar-refractivity contribution in [1.82, 2.24) is 10.6 Å². The molecule has 0 aromatic heterocycles. The fourth-order valence-corrected chi connectivity index (χ4v) is 1.39. The van der Waals surface area contributed by atoms with Gasteiger partial charge in [-0.25, -0.2) is 4.79 Å². The zero-order valence-electron chi connectivity index (χ0n) is 7.59. The van der Waals surface area contributed by atoms with Crippen LogP contribution in [0.2, 0.25) is 0 Å². The van der Waals surface area contributed by atoms with Gasteiger partial charge in [0.25, 0.3) is 0 Å². The van der Waals surface area contributed by atoms with Crippen LogP contribution in [-0.4, -0.2) is 6.03 Å². The number of urea groups is 1. The first-order chi connectivity index (χ1) is 6.74. The zero-order chi connectivity index (χ0) is 10.4. The van der Waals surface area contributed by atoms with Crippen molar-refractivity contribution in [3.63, 3.8) is 0 Å². The number of carbonyl (C=O) groups is 1. The van der Waals surface area contributed by atoms with Crippen molar-refractivity contribution < 1.29 is 4.79 Å². The van der Waals surface area contributed by atoms with Gasteiger partial charge in [-0.3, -0.25) is 0 Å². The van der Waals surface area contributed by atoms with E-state index < -0.39 is 0 Å². The van der Waals surface area contributed by atoms with E-state index in [1.54, 1.807) is 0 Å². The summed E-state index contributed by atoms with van der Waals surface area (Å²) in [5, 5.41) is 5.12. The predicted molar refractivity (Wildman–Crippen MR) is 59.7 cm³/mol. The third-order valence-corrected chi connectivity index (χ3v) is 2.40. The molecule has 1 aromatic rings. The van der Waals surface area contributed by atoms with Crippen molar-refractivity contribution in [1.29, 1.82) is 0 Å². The summed E-state index contributed by atoms with van der Waals surface area (Å²) in [7, 11) is 0. The van der Waals surface area contributed by atoms with Gasteiger partial charge in [0.2, 0.25) is 0 Å². The topological polar surface area (TPSA) is 41.1 Å². The molecule has 0 bridgehead atoms. The first kappa shape index (κ1) is 10.8. The first-order valence-electron chi connectivity index (χ1n) is 4.12. The number of nitrogens with one attached hydrogen (secondary N) is 2. The van der Waals surface area contributed by atoms with Crippen LogP contribution in [0.3, 0.4) is 0 Å². The summed E-state index contributed by atoms with van der Waals surface area (Å²) >= 11 is 3.39. The molecule has 0 fully saturated rings. The molecule has 1 aromatic carbocycles. The van der Waals surface area contributed by atoms with E-state index in [0.717, 1.165) is 10.0 Å². The Labute approximate surface area is 91.3 Å². The van der Waals surface area contributed by atoms with Crippen LogP contribution in [-0.2, 0) is 6.54 Å². The molecule has 0 spiro atoms. The van der Waals surface area contributed by atoms with Gasteiger partial charge in [-0.05, 0) is 17.8 Å². The fraction of sp³-hybridized carbons (Fsp3) is 0.100. The highest BCUT2D eigenvalue weighted by Crippen LogP contribution is 2.14. The van der Waals surface area contributed by atoms with Crippen LogP contribution in [0.1, 0.15) is 5.56 Å². The lowest BCUT2D eigenvalue weighted by Gasteiger charge is -2.05. The van der Waals surface area contributed by atoms with E-state index in [2.05, 4.69) is 33.1 Å². The van der Waals surface area contributed by atoms with Gasteiger partial charge in [0.1, 0.15) is 0 Å². The number of benzene rings is 1. The van der Waals surface area contributed by atoms with Crippen molar-refractivity contribution in [2.75, 3.05) is 0 Å². The number of rotatable bonds is 3. The number of halogens is 1. The predicted octanol–water partition coefficient (Wildman–Crippen LogP) is 2.39. The summed E-state index contributed by atoms with van der Waals surface area (Å²) in [6.45, 7) is 3.88. The summed E-state index contributed by atoms with van der Waals surface area (Å²) in [4.78, 5) is 11.0. The van der Waals surface area contributed by atoms with Crippen molar-refractivity contribution in [3.8, 4) is 0 Å². The van der Waals surface area contributed by atoms with Gasteiger partial charge in [0, 0.05) is 11.0 Å². The maximum absolute atomic E-state index is 11.0. The Morgan fingerprint density at radius 1 is 1.50 bits per heavy atom. The minimum atomic E-state index is -0.254. The van der Waals surface area contributed by atoms with Crippen LogP contribution < -0.4 is 10.6 Å². The largest absolute Gasteiger partial charge is 0.334 e. The molecule has 1 rings (SSSR count). The molecular formula is C10H11BrN2O. The lowest BCUT2D eigenvalue weighted by atomic mass is 10.2. The van der Waals surface area contributed by atoms with Gasteiger partial charge in [0.15, 0.2) is 0 Å². The van der Waals surface area contributed by atoms with Crippen molar-refractivity contribution in [2.45, 2.75) is 6.54 Å². The summed E-state index contributed by atoms with van der Waals surface area (Å²) in [6, 6.07) is 7.47. The van der Waals surface area contributed by atoms with E-state index in [1.165, 1.54) is 6.20 Å². The highest BCUT2D eigenvalue weighted by atomic mass is 79.9. The standard InChI is InChI=1S/C10H11BrN2O/c1-2-12-10(14)13-7-8-5-3-4-6-9(8)11/h2-6H,1,7H2,(H2,12,13,14). The summed E-state index contributed by atoms with van der Waals surface area (Å²) in [6.07, 6.45) is 1.34. The second-order valence-corrected chi connectivity index (χ2v) is 3.48. The Morgan fingerprint density at radius 3 is 2.86 bits per heavy atom. The Balaban J connectivity index is 2.49. The third kappa shape index (κ3) is 3.22. The van der Waals surface area contributed by atoms with Gasteiger partial charge >= 0.3 is 6.03 Å². The van der Waals surface area contributed by atoms with Crippen LogP contribution in [0.5, 0.6) is 0 Å². The minimum Gasteiger partial charge on any atom is -0.334 e. The average Bonchev–Trinajstić information content (AvgIpc) is 2.17. The van der Waals surface area contributed by atoms with Crippen LogP contribution in [0.15, 0.2) is 41.5 Å². The molecule has 0 saturated heterocycles. The number of hydrogen-bond donors (Lipinski definition) is 2. The molecule has 3 nitrogen and oxygen atoms in total. The molecule has 2 amide bonds. The molecule has 0 saturated carbocycles. The van der Waals surface area contributed by atoms with Gasteiger partial charge in [-0.1, -0.05) is 40.7 Å². The minimum absolute atomic E-state index is 0.254. The SMILES string of the molecule is C=CNC(=O)NCc1ccccc1Br. The molecule has 0 radical (unpaired) electrons. The highest BCUT2D eigenvalue weighted by Gasteiger charge is 2.00. The highest BCUT2D eigenvalue weighted by molar-refractivity contribution is 9.10. The Kier molecular flexibility index (Phi) is 4.19. The van der Waals surface area contributed by atoms with Gasteiger partial charge in [-0.15, -0.1) is 0 Å². The third-order valence-electron chi connectivity index (χ3n) is 1.63. The fourth-order valence-electron chi connectivity index (χ4n) is 0.961. The summed E-state index contributed by atoms with van der Waals surface area (Å²) in [5.74, 6) is 0. The molecule has 0 aliphatic carbocycles. The smallest absolute Gasteiger partial charge is 0.319 e. The quantitative estimate of drug-likeness (QED) is 0.855. The molecule has 74 valence electrons. The maximum atomic E-state index is 11.0. The van der Waals surface area contributed by atoms with Crippen LogP contribution >= 0.6 is 15.9 Å². The molecule has 0 aliphatic rings. The molecule has 0 atom stereocenters. The Morgan fingerprint density at radius 2 is 2.21 bits per heavy atom. The maximum Gasteiger partial charge on any atom is 0.319 e. The van der Waals surface area contributed by atoms with E-state index in [1.807, 2.05) is 24.3 Å². The van der Waals surface area contributed by atoms with E-state index in [9.17, 15) is 4.79 Å². The van der Waals surface area contributed by atoms with E-state index in [0.29, 0.717) is 6.54 Å². The van der Waals surface area contributed by atoms with E-state index in [-0.39, 0.29) is 6.03 Å². The molecular weight excluding hydrogens is 244 g/mol. The Bertz CT molecular complexity index is 339. The van der Waals surface area contributed by atoms with Crippen LogP contribution in [0, 0.1) is 0 Å². The molecule has 0 unspecified atom stereocenters. The van der Waals surface area contributed by atoms with Crippen molar-refractivity contribution in [3.05, 3.63) is 47.1 Å². The second-order valence-electron chi connectivity index (χ2n) is 2.62. The molecule has 4 heteroatoms. The van der Waals surface area contributed by atoms with Crippen molar-refractivity contribution in [2.24, 2.45) is 0 Å². The summed E-state index contributed by atoms with van der Waals surface area (Å²) in [5.41, 5.74) is 1.03. The lowest BCUT2D eigenvalue weighted by Crippen LogP contribution is -2.31. The molecule has 14 heavy (non-hydrogen) atoms. The summed E-state index contributed by atoms with van der Waals surface area (Å²) < 4.78 is 0.985. The monoisotopic (exact) mass is 254 g/mol. The number of amides is 2. The van der Waals surface area contributed by atoms with Crippen LogP contribution in [0.25, 0.3) is 0 Å². The first-order valence-corrected chi connectivity index (χ1v) is 4.92. The molecule has 2 N–H and O–H groups in total. The van der Waals surface area contributed by atoms with Gasteiger partial charge in [0.05, 0.1) is 0 Å². The van der Waals surface area contributed by atoms with Gasteiger partial charge in [-0.2, -0.15) is 0 Å². The molecule has 0 heterocycles. The average molecular weight is 255 g/mol. The van der Waals surface area contributed by atoms with Crippen molar-refractivity contribution >= 4 is 22.0 Å². The Hall–Kier alpha value is -1.29. The van der Waals surface area contributed by atoms with E-state index >= 15 is 0 Å². The van der Waals surface area contributed by atoms with E-state index in [4.69, 9.17) is 0 Å². The number of carbonyl (C=O) groups excluding carboxylic acids is 1.